The number of rotatable bonds is 8. The molecule has 0 spiro atoms. The Morgan fingerprint density at radius 3 is 2.17 bits per heavy atom. The third-order valence-electron chi connectivity index (χ3n) is 3.91. The lowest BCUT2D eigenvalue weighted by molar-refractivity contribution is 0.179. The van der Waals surface area contributed by atoms with Gasteiger partial charge < -0.3 is 4.43 Å². The van der Waals surface area contributed by atoms with Crippen molar-refractivity contribution in [3.05, 3.63) is 35.9 Å². The van der Waals surface area contributed by atoms with Crippen LogP contribution in [-0.2, 0) is 4.43 Å². The van der Waals surface area contributed by atoms with E-state index in [0.29, 0.717) is 6.10 Å². The first-order valence-electron chi connectivity index (χ1n) is 7.38. The summed E-state index contributed by atoms with van der Waals surface area (Å²) < 4.78 is 6.56. The van der Waals surface area contributed by atoms with Crippen LogP contribution in [0.15, 0.2) is 30.3 Å². The molecule has 0 aliphatic carbocycles. The van der Waals surface area contributed by atoms with Crippen LogP contribution in [0.4, 0.5) is 0 Å². The molecule has 0 bridgehead atoms. The van der Waals surface area contributed by atoms with Gasteiger partial charge in [0.2, 0.25) is 0 Å². The van der Waals surface area contributed by atoms with Crippen molar-refractivity contribution in [3.8, 4) is 0 Å². The van der Waals surface area contributed by atoms with E-state index >= 15 is 0 Å². The minimum atomic E-state index is -1.49. The highest BCUT2D eigenvalue weighted by Gasteiger charge is 2.28. The van der Waals surface area contributed by atoms with E-state index in [9.17, 15) is 0 Å². The second-order valence-electron chi connectivity index (χ2n) is 5.32. The SMILES string of the molecule is CCCCC(O[Si](C)(CC)CC)c1ccccc1. The van der Waals surface area contributed by atoms with Gasteiger partial charge in [-0.1, -0.05) is 63.9 Å². The summed E-state index contributed by atoms with van der Waals surface area (Å²) in [4.78, 5) is 0. The maximum atomic E-state index is 6.56. The molecule has 0 heterocycles. The van der Waals surface area contributed by atoms with Crippen molar-refractivity contribution in [2.75, 3.05) is 0 Å². The average molecular weight is 264 g/mol. The van der Waals surface area contributed by atoms with Crippen molar-refractivity contribution in [2.24, 2.45) is 0 Å². The summed E-state index contributed by atoms with van der Waals surface area (Å²) in [6, 6.07) is 13.2. The smallest absolute Gasteiger partial charge is 0.190 e. The van der Waals surface area contributed by atoms with E-state index in [1.807, 2.05) is 0 Å². The Kier molecular flexibility index (Phi) is 6.65. The predicted molar refractivity (Wildman–Crippen MR) is 82.4 cm³/mol. The van der Waals surface area contributed by atoms with E-state index in [-0.39, 0.29) is 0 Å². The minimum absolute atomic E-state index is 0.308. The van der Waals surface area contributed by atoms with Crippen molar-refractivity contribution < 1.29 is 4.43 Å². The highest BCUT2D eigenvalue weighted by Crippen LogP contribution is 2.30. The largest absolute Gasteiger partial charge is 0.410 e. The van der Waals surface area contributed by atoms with Crippen molar-refractivity contribution in [1.82, 2.24) is 0 Å². The summed E-state index contributed by atoms with van der Waals surface area (Å²) in [5.74, 6) is 0. The lowest BCUT2D eigenvalue weighted by Gasteiger charge is -2.31. The molecule has 0 N–H and O–H groups in total. The molecular formula is C16H28OSi. The van der Waals surface area contributed by atoms with Gasteiger partial charge in [0.25, 0.3) is 0 Å². The van der Waals surface area contributed by atoms with Gasteiger partial charge in [0.1, 0.15) is 0 Å². The van der Waals surface area contributed by atoms with E-state index in [0.717, 1.165) is 6.42 Å². The van der Waals surface area contributed by atoms with E-state index in [1.54, 1.807) is 0 Å². The van der Waals surface area contributed by atoms with Gasteiger partial charge in [0.05, 0.1) is 6.10 Å². The highest BCUT2D eigenvalue weighted by atomic mass is 28.4. The van der Waals surface area contributed by atoms with Crippen LogP contribution in [0.5, 0.6) is 0 Å². The van der Waals surface area contributed by atoms with E-state index in [2.05, 4.69) is 57.7 Å². The highest BCUT2D eigenvalue weighted by molar-refractivity contribution is 6.72. The standard InChI is InChI=1S/C16H28OSi/c1-5-8-14-16(15-12-10-9-11-13-15)17-18(4,6-2)7-3/h9-13,16H,5-8,14H2,1-4H3. The molecule has 1 rings (SSSR count). The minimum Gasteiger partial charge on any atom is -0.410 e. The molecule has 102 valence electrons. The number of unbranched alkanes of at least 4 members (excludes halogenated alkanes) is 1. The maximum Gasteiger partial charge on any atom is 0.190 e. The van der Waals surface area contributed by atoms with Crippen LogP contribution >= 0.6 is 0 Å². The van der Waals surface area contributed by atoms with Crippen molar-refractivity contribution in [3.63, 3.8) is 0 Å². The Labute approximate surface area is 114 Å². The number of hydrogen-bond acceptors (Lipinski definition) is 1. The molecule has 0 aromatic heterocycles. The Morgan fingerprint density at radius 2 is 1.67 bits per heavy atom. The molecule has 1 aromatic rings. The molecule has 0 aliphatic heterocycles. The molecular weight excluding hydrogens is 236 g/mol. The molecule has 0 saturated heterocycles. The van der Waals surface area contributed by atoms with E-state index < -0.39 is 8.32 Å². The predicted octanol–water partition coefficient (Wildman–Crippen LogP) is 5.55. The lowest BCUT2D eigenvalue weighted by atomic mass is 10.0. The third-order valence-corrected chi connectivity index (χ3v) is 7.76. The number of hydrogen-bond donors (Lipinski definition) is 0. The first-order valence-corrected chi connectivity index (χ1v) is 10.2. The fourth-order valence-electron chi connectivity index (χ4n) is 2.11. The second-order valence-corrected chi connectivity index (χ2v) is 9.87. The molecule has 0 amide bonds. The molecule has 0 saturated carbocycles. The molecule has 1 atom stereocenters. The first-order chi connectivity index (χ1) is 8.65. The van der Waals surface area contributed by atoms with Crippen LogP contribution < -0.4 is 0 Å². The van der Waals surface area contributed by atoms with Crippen molar-refractivity contribution in [2.45, 2.75) is 64.8 Å². The second kappa shape index (κ2) is 7.75. The summed E-state index contributed by atoms with van der Waals surface area (Å²) in [5.41, 5.74) is 1.35. The maximum absolute atomic E-state index is 6.56. The normalized spacial score (nSPS) is 13.6. The molecule has 0 fully saturated rings. The van der Waals surface area contributed by atoms with Crippen LogP contribution in [0, 0.1) is 0 Å². The first kappa shape index (κ1) is 15.5. The topological polar surface area (TPSA) is 9.23 Å². The molecule has 0 radical (unpaired) electrons. The van der Waals surface area contributed by atoms with Crippen LogP contribution in [0.2, 0.25) is 18.6 Å². The summed E-state index contributed by atoms with van der Waals surface area (Å²) in [7, 11) is -1.49. The molecule has 2 heteroatoms. The fourth-order valence-corrected chi connectivity index (χ4v) is 3.89. The molecule has 1 aromatic carbocycles. The zero-order valence-electron chi connectivity index (χ0n) is 12.4. The molecule has 18 heavy (non-hydrogen) atoms. The number of benzene rings is 1. The zero-order valence-corrected chi connectivity index (χ0v) is 13.4. The molecule has 1 unspecified atom stereocenters. The van der Waals surface area contributed by atoms with Gasteiger partial charge in [-0.3, -0.25) is 0 Å². The Morgan fingerprint density at radius 1 is 1.06 bits per heavy atom. The monoisotopic (exact) mass is 264 g/mol. The van der Waals surface area contributed by atoms with Gasteiger partial charge in [-0.15, -0.1) is 0 Å². The third kappa shape index (κ3) is 4.58. The average Bonchev–Trinajstić information content (AvgIpc) is 2.44. The Balaban J connectivity index is 2.79. The van der Waals surface area contributed by atoms with Gasteiger partial charge in [-0.25, -0.2) is 0 Å². The van der Waals surface area contributed by atoms with Crippen LogP contribution in [-0.4, -0.2) is 8.32 Å². The van der Waals surface area contributed by atoms with Gasteiger partial charge in [0.15, 0.2) is 8.32 Å². The molecule has 0 aliphatic rings. The van der Waals surface area contributed by atoms with Gasteiger partial charge in [-0.2, -0.15) is 0 Å². The molecule has 1 nitrogen and oxygen atoms in total. The summed E-state index contributed by atoms with van der Waals surface area (Å²) >= 11 is 0. The lowest BCUT2D eigenvalue weighted by Crippen LogP contribution is -2.34. The summed E-state index contributed by atoms with van der Waals surface area (Å²) in [6.07, 6.45) is 3.95. The van der Waals surface area contributed by atoms with Crippen molar-refractivity contribution >= 4 is 8.32 Å². The van der Waals surface area contributed by atoms with Crippen LogP contribution in [0.3, 0.4) is 0 Å². The quantitative estimate of drug-likeness (QED) is 0.559. The van der Waals surface area contributed by atoms with E-state index in [4.69, 9.17) is 4.43 Å². The van der Waals surface area contributed by atoms with Crippen molar-refractivity contribution in [1.29, 1.82) is 0 Å². The van der Waals surface area contributed by atoms with Gasteiger partial charge in [-0.05, 0) is 30.6 Å². The summed E-state index contributed by atoms with van der Waals surface area (Å²) in [5, 5.41) is 0. The Bertz CT molecular complexity index is 319. The zero-order chi connectivity index (χ0) is 13.4. The van der Waals surface area contributed by atoms with Gasteiger partial charge in [0, 0.05) is 0 Å². The van der Waals surface area contributed by atoms with Crippen LogP contribution in [0.1, 0.15) is 51.7 Å². The van der Waals surface area contributed by atoms with E-state index in [1.165, 1.54) is 30.5 Å². The van der Waals surface area contributed by atoms with Crippen LogP contribution in [0.25, 0.3) is 0 Å². The summed E-state index contributed by atoms with van der Waals surface area (Å²) in [6.45, 7) is 9.17. The van der Waals surface area contributed by atoms with Gasteiger partial charge >= 0.3 is 0 Å². The fraction of sp³-hybridized carbons (Fsp3) is 0.625. The Hall–Kier alpha value is -0.603.